The first kappa shape index (κ1) is 7.60. The fraction of sp³-hybridized carbons (Fsp3) is 0.125. The van der Waals surface area contributed by atoms with Crippen LogP contribution in [0.25, 0.3) is 0 Å². The van der Waals surface area contributed by atoms with Crippen LogP contribution in [0.1, 0.15) is 5.56 Å². The van der Waals surface area contributed by atoms with Crippen molar-refractivity contribution in [1.29, 1.82) is 0 Å². The zero-order valence-corrected chi connectivity index (χ0v) is 6.13. The van der Waals surface area contributed by atoms with E-state index < -0.39 is 6.09 Å². The van der Waals surface area contributed by atoms with Crippen molar-refractivity contribution < 1.29 is 9.90 Å². The summed E-state index contributed by atoms with van der Waals surface area (Å²) in [4.78, 5) is 10.0. The average molecular weight is 150 g/mol. The molecule has 1 amide bonds. The second-order valence-corrected chi connectivity index (χ2v) is 2.28. The Morgan fingerprint density at radius 3 is 2.27 bits per heavy atom. The van der Waals surface area contributed by atoms with E-state index >= 15 is 0 Å². The molecule has 0 heterocycles. The number of rotatable bonds is 1. The lowest BCUT2D eigenvalue weighted by molar-refractivity contribution is 0.185. The number of nitrogens with one attached hydrogen (secondary N) is 1. The Morgan fingerprint density at radius 1 is 1.27 bits per heavy atom. The fourth-order valence-corrected chi connectivity index (χ4v) is 0.755. The number of anilines is 1. The fourth-order valence-electron chi connectivity index (χ4n) is 0.755. The van der Waals surface area contributed by atoms with E-state index in [-0.39, 0.29) is 0 Å². The molecule has 11 heavy (non-hydrogen) atoms. The monoisotopic (exact) mass is 150 g/mol. The number of carbonyl (C=O) groups excluding carboxylic acids is 1. The van der Waals surface area contributed by atoms with Gasteiger partial charge in [0.05, 0.1) is 0 Å². The Kier molecular flexibility index (Phi) is 2.11. The van der Waals surface area contributed by atoms with Gasteiger partial charge >= 0.3 is 6.09 Å². The van der Waals surface area contributed by atoms with E-state index in [1.807, 2.05) is 19.1 Å². The molecule has 0 spiro atoms. The molecule has 0 aliphatic heterocycles. The van der Waals surface area contributed by atoms with Gasteiger partial charge in [-0.3, -0.25) is 5.32 Å². The summed E-state index contributed by atoms with van der Waals surface area (Å²) in [5, 5.41) is 12.2. The van der Waals surface area contributed by atoms with E-state index in [9.17, 15) is 9.90 Å². The number of hydrogen-bond acceptors (Lipinski definition) is 1. The molecule has 1 aromatic rings. The third kappa shape index (κ3) is 2.29. The van der Waals surface area contributed by atoms with Crippen LogP contribution >= 0.6 is 0 Å². The summed E-state index contributed by atoms with van der Waals surface area (Å²) in [5.74, 6) is 0. The summed E-state index contributed by atoms with van der Waals surface area (Å²) in [7, 11) is 0. The van der Waals surface area contributed by atoms with Crippen molar-refractivity contribution in [2.45, 2.75) is 6.92 Å². The zero-order chi connectivity index (χ0) is 8.27. The van der Waals surface area contributed by atoms with Crippen molar-refractivity contribution in [2.24, 2.45) is 0 Å². The van der Waals surface area contributed by atoms with Crippen molar-refractivity contribution in [3.05, 3.63) is 29.8 Å². The number of hydrogen-bond donors (Lipinski definition) is 1. The standard InChI is InChI=1S/C8H8NO2/c1-6-2-4-7(5-3-6)9-8(10)11/h2-5,9H,1H3. The minimum atomic E-state index is -1.28. The van der Waals surface area contributed by atoms with Crippen LogP contribution in [0.2, 0.25) is 0 Å². The highest BCUT2D eigenvalue weighted by Gasteiger charge is 1.97. The topological polar surface area (TPSA) is 49.0 Å². The van der Waals surface area contributed by atoms with Crippen molar-refractivity contribution in [3.63, 3.8) is 0 Å². The number of aryl methyl sites for hydroxylation is 1. The maximum absolute atomic E-state index is 10.0. The summed E-state index contributed by atoms with van der Waals surface area (Å²) in [6.45, 7) is 1.93. The molecule has 1 aromatic carbocycles. The quantitative estimate of drug-likeness (QED) is 0.653. The Balaban J connectivity index is 2.74. The van der Waals surface area contributed by atoms with Gasteiger partial charge in [-0.05, 0) is 19.1 Å². The molecule has 1 radical (unpaired) electrons. The molecule has 0 unspecified atom stereocenters. The van der Waals surface area contributed by atoms with Crippen LogP contribution in [-0.4, -0.2) is 6.09 Å². The van der Waals surface area contributed by atoms with E-state index in [0.717, 1.165) is 5.56 Å². The molecule has 0 atom stereocenters. The molecule has 0 saturated carbocycles. The average Bonchev–Trinajstić information content (AvgIpc) is 1.93. The molecule has 1 N–H and O–H groups in total. The summed E-state index contributed by atoms with van der Waals surface area (Å²) >= 11 is 0. The number of carbonyl (C=O) groups is 1. The van der Waals surface area contributed by atoms with E-state index in [0.29, 0.717) is 5.69 Å². The van der Waals surface area contributed by atoms with Crippen LogP contribution in [0.15, 0.2) is 24.3 Å². The SMILES string of the molecule is Cc1ccc(NC([O])=O)cc1. The van der Waals surface area contributed by atoms with Gasteiger partial charge in [-0.15, -0.1) is 0 Å². The van der Waals surface area contributed by atoms with Crippen molar-refractivity contribution >= 4 is 11.8 Å². The largest absolute Gasteiger partial charge is 0.454 e. The first-order valence-corrected chi connectivity index (χ1v) is 3.23. The zero-order valence-electron chi connectivity index (χ0n) is 6.13. The lowest BCUT2D eigenvalue weighted by atomic mass is 10.2. The molecule has 0 saturated heterocycles. The number of amides is 1. The first-order valence-electron chi connectivity index (χ1n) is 3.23. The van der Waals surface area contributed by atoms with Crippen molar-refractivity contribution in [3.8, 4) is 0 Å². The van der Waals surface area contributed by atoms with Gasteiger partial charge in [-0.25, -0.2) is 9.90 Å². The number of benzene rings is 1. The molecule has 3 heteroatoms. The third-order valence-electron chi connectivity index (χ3n) is 1.30. The van der Waals surface area contributed by atoms with Crippen LogP contribution in [-0.2, 0) is 5.11 Å². The summed E-state index contributed by atoms with van der Waals surface area (Å²) < 4.78 is 0. The van der Waals surface area contributed by atoms with Gasteiger partial charge in [-0.2, -0.15) is 0 Å². The van der Waals surface area contributed by atoms with Gasteiger partial charge < -0.3 is 0 Å². The Morgan fingerprint density at radius 2 is 1.82 bits per heavy atom. The normalized spacial score (nSPS) is 9.18. The van der Waals surface area contributed by atoms with Gasteiger partial charge in [0.2, 0.25) is 0 Å². The van der Waals surface area contributed by atoms with Crippen LogP contribution in [0, 0.1) is 6.92 Å². The molecular weight excluding hydrogens is 142 g/mol. The smallest absolute Gasteiger partial charge is 0.288 e. The van der Waals surface area contributed by atoms with Gasteiger partial charge in [0.15, 0.2) is 0 Å². The predicted molar refractivity (Wildman–Crippen MR) is 40.9 cm³/mol. The summed E-state index contributed by atoms with van der Waals surface area (Å²) in [6, 6.07) is 7.02. The lowest BCUT2D eigenvalue weighted by Gasteiger charge is -1.97. The molecule has 57 valence electrons. The molecule has 0 bridgehead atoms. The molecule has 0 aliphatic rings. The minimum absolute atomic E-state index is 0.538. The van der Waals surface area contributed by atoms with E-state index in [2.05, 4.69) is 5.32 Å². The maximum Gasteiger partial charge on any atom is 0.454 e. The molecule has 3 nitrogen and oxygen atoms in total. The minimum Gasteiger partial charge on any atom is -0.288 e. The van der Waals surface area contributed by atoms with E-state index in [1.54, 1.807) is 12.1 Å². The van der Waals surface area contributed by atoms with Gasteiger partial charge in [-0.1, -0.05) is 17.7 Å². The highest BCUT2D eigenvalue weighted by atomic mass is 16.4. The second kappa shape index (κ2) is 3.05. The molecule has 0 aromatic heterocycles. The molecular formula is C8H8NO2. The molecule has 0 aliphatic carbocycles. The molecule has 0 fully saturated rings. The lowest BCUT2D eigenvalue weighted by Crippen LogP contribution is -2.04. The van der Waals surface area contributed by atoms with Crippen molar-refractivity contribution in [2.75, 3.05) is 5.32 Å². The summed E-state index contributed by atoms with van der Waals surface area (Å²) in [5.41, 5.74) is 1.63. The highest BCUT2D eigenvalue weighted by molar-refractivity contribution is 5.82. The van der Waals surface area contributed by atoms with Crippen molar-refractivity contribution in [1.82, 2.24) is 0 Å². The van der Waals surface area contributed by atoms with Crippen LogP contribution in [0.5, 0.6) is 0 Å². The maximum atomic E-state index is 10.0. The van der Waals surface area contributed by atoms with Crippen LogP contribution < -0.4 is 5.32 Å². The van der Waals surface area contributed by atoms with Crippen LogP contribution in [0.4, 0.5) is 10.5 Å². The van der Waals surface area contributed by atoms with Gasteiger partial charge in [0, 0.05) is 5.69 Å². The second-order valence-electron chi connectivity index (χ2n) is 2.28. The Labute approximate surface area is 64.7 Å². The Hall–Kier alpha value is -1.51. The highest BCUT2D eigenvalue weighted by Crippen LogP contribution is 2.07. The van der Waals surface area contributed by atoms with Gasteiger partial charge in [0.1, 0.15) is 0 Å². The Bertz CT molecular complexity index is 253. The first-order chi connectivity index (χ1) is 5.18. The van der Waals surface area contributed by atoms with E-state index in [1.165, 1.54) is 0 Å². The third-order valence-corrected chi connectivity index (χ3v) is 1.30. The predicted octanol–water partition coefficient (Wildman–Crippen LogP) is 1.96. The van der Waals surface area contributed by atoms with E-state index in [4.69, 9.17) is 0 Å². The molecule has 1 rings (SSSR count). The van der Waals surface area contributed by atoms with Crippen LogP contribution in [0.3, 0.4) is 0 Å². The summed E-state index contributed by atoms with van der Waals surface area (Å²) in [6.07, 6.45) is -1.28. The van der Waals surface area contributed by atoms with Gasteiger partial charge in [0.25, 0.3) is 0 Å².